The summed E-state index contributed by atoms with van der Waals surface area (Å²) in [6, 6.07) is 10.6. The summed E-state index contributed by atoms with van der Waals surface area (Å²) in [6.45, 7) is 2.95. The molecule has 3 nitrogen and oxygen atoms in total. The van der Waals surface area contributed by atoms with E-state index in [0.29, 0.717) is 0 Å². The molecule has 1 unspecified atom stereocenters. The van der Waals surface area contributed by atoms with Gasteiger partial charge in [0.25, 0.3) is 0 Å². The number of ether oxygens (including phenoxy) is 1. The Bertz CT molecular complexity index is 600. The Balaban J connectivity index is 1.81. The predicted molar refractivity (Wildman–Crippen MR) is 79.6 cm³/mol. The fourth-order valence-corrected chi connectivity index (χ4v) is 2.65. The molecule has 0 fully saturated rings. The van der Waals surface area contributed by atoms with Gasteiger partial charge in [0.1, 0.15) is 10.4 Å². The topological polar surface area (TPSA) is 34.2 Å². The van der Waals surface area contributed by atoms with E-state index < -0.39 is 0 Å². The molecule has 2 aromatic rings. The smallest absolute Gasteiger partial charge is 0.129 e. The summed E-state index contributed by atoms with van der Waals surface area (Å²) in [7, 11) is 0. The van der Waals surface area contributed by atoms with E-state index in [9.17, 15) is 0 Å². The van der Waals surface area contributed by atoms with Crippen LogP contribution in [-0.2, 0) is 6.42 Å². The van der Waals surface area contributed by atoms with Crippen molar-refractivity contribution in [3.8, 4) is 5.75 Å². The van der Waals surface area contributed by atoms with Gasteiger partial charge in [-0.25, -0.2) is 4.98 Å². The largest absolute Gasteiger partial charge is 0.493 e. The maximum Gasteiger partial charge on any atom is 0.129 e. The van der Waals surface area contributed by atoms with Crippen LogP contribution in [0.3, 0.4) is 0 Å². The van der Waals surface area contributed by atoms with E-state index in [1.807, 2.05) is 12.1 Å². The molecule has 1 N–H and O–H groups in total. The van der Waals surface area contributed by atoms with Gasteiger partial charge in [0.2, 0.25) is 0 Å². The summed E-state index contributed by atoms with van der Waals surface area (Å²) in [6.07, 6.45) is 2.78. The normalized spacial score (nSPS) is 14.6. The maximum absolute atomic E-state index is 5.53. The molecular formula is C15H15BrN2O. The van der Waals surface area contributed by atoms with Crippen molar-refractivity contribution in [3.63, 3.8) is 0 Å². The van der Waals surface area contributed by atoms with Crippen molar-refractivity contribution < 1.29 is 4.74 Å². The van der Waals surface area contributed by atoms with Crippen molar-refractivity contribution >= 4 is 21.6 Å². The van der Waals surface area contributed by atoms with Gasteiger partial charge in [0, 0.05) is 18.7 Å². The van der Waals surface area contributed by atoms with Crippen LogP contribution < -0.4 is 10.1 Å². The number of anilines is 1. The minimum atomic E-state index is 0.228. The number of rotatable bonds is 3. The van der Waals surface area contributed by atoms with Crippen LogP contribution in [0.2, 0.25) is 0 Å². The molecule has 0 spiro atoms. The van der Waals surface area contributed by atoms with Crippen LogP contribution in [0.4, 0.5) is 5.69 Å². The molecule has 1 aliphatic rings. The summed E-state index contributed by atoms with van der Waals surface area (Å²) < 4.78 is 6.37. The van der Waals surface area contributed by atoms with E-state index in [1.165, 1.54) is 11.1 Å². The van der Waals surface area contributed by atoms with Gasteiger partial charge in [-0.05, 0) is 58.2 Å². The SMILES string of the molecule is CC(Nc1cccnc1Br)c1ccc2c(c1)CCO2. The lowest BCUT2D eigenvalue weighted by Crippen LogP contribution is -2.07. The van der Waals surface area contributed by atoms with Gasteiger partial charge in [-0.3, -0.25) is 0 Å². The van der Waals surface area contributed by atoms with Crippen molar-refractivity contribution in [2.75, 3.05) is 11.9 Å². The molecule has 1 atom stereocenters. The number of hydrogen-bond donors (Lipinski definition) is 1. The van der Waals surface area contributed by atoms with E-state index >= 15 is 0 Å². The molecular weight excluding hydrogens is 304 g/mol. The highest BCUT2D eigenvalue weighted by molar-refractivity contribution is 9.10. The zero-order valence-corrected chi connectivity index (χ0v) is 12.3. The van der Waals surface area contributed by atoms with E-state index in [4.69, 9.17) is 4.74 Å². The molecule has 0 saturated carbocycles. The van der Waals surface area contributed by atoms with Crippen molar-refractivity contribution in [1.29, 1.82) is 0 Å². The first-order valence-electron chi connectivity index (χ1n) is 6.37. The van der Waals surface area contributed by atoms with E-state index in [0.717, 1.165) is 29.1 Å². The summed E-state index contributed by atoms with van der Waals surface area (Å²) in [4.78, 5) is 4.22. The minimum Gasteiger partial charge on any atom is -0.493 e. The van der Waals surface area contributed by atoms with E-state index in [-0.39, 0.29) is 6.04 Å². The summed E-state index contributed by atoms with van der Waals surface area (Å²) in [5.74, 6) is 1.03. The van der Waals surface area contributed by atoms with Crippen LogP contribution >= 0.6 is 15.9 Å². The van der Waals surface area contributed by atoms with Crippen LogP contribution in [0, 0.1) is 0 Å². The van der Waals surface area contributed by atoms with E-state index in [2.05, 4.69) is 51.4 Å². The van der Waals surface area contributed by atoms with Crippen molar-refractivity contribution in [1.82, 2.24) is 4.98 Å². The Kier molecular flexibility index (Phi) is 3.42. The Morgan fingerprint density at radius 3 is 3.11 bits per heavy atom. The van der Waals surface area contributed by atoms with Crippen LogP contribution in [0.25, 0.3) is 0 Å². The fraction of sp³-hybridized carbons (Fsp3) is 0.267. The molecule has 0 radical (unpaired) electrons. The van der Waals surface area contributed by atoms with Crippen molar-refractivity contribution in [2.24, 2.45) is 0 Å². The summed E-state index contributed by atoms with van der Waals surface area (Å²) >= 11 is 3.45. The lowest BCUT2D eigenvalue weighted by molar-refractivity contribution is 0.357. The molecule has 0 aliphatic carbocycles. The van der Waals surface area contributed by atoms with Crippen LogP contribution in [0.15, 0.2) is 41.1 Å². The highest BCUT2D eigenvalue weighted by atomic mass is 79.9. The Morgan fingerprint density at radius 1 is 1.37 bits per heavy atom. The molecule has 0 saturated heterocycles. The standard InChI is InChI=1S/C15H15BrN2O/c1-10(18-13-3-2-7-17-15(13)16)11-4-5-14-12(9-11)6-8-19-14/h2-5,7,9-10,18H,6,8H2,1H3. The molecule has 4 heteroatoms. The number of fused-ring (bicyclic) bond motifs is 1. The number of benzene rings is 1. The second kappa shape index (κ2) is 5.21. The predicted octanol–water partition coefficient (Wildman–Crippen LogP) is 3.95. The first kappa shape index (κ1) is 12.5. The second-order valence-corrected chi connectivity index (χ2v) is 5.42. The average molecular weight is 319 g/mol. The van der Waals surface area contributed by atoms with E-state index in [1.54, 1.807) is 6.20 Å². The number of nitrogens with one attached hydrogen (secondary N) is 1. The van der Waals surface area contributed by atoms with Gasteiger partial charge in [0.05, 0.1) is 12.3 Å². The number of pyridine rings is 1. The lowest BCUT2D eigenvalue weighted by Gasteiger charge is -2.17. The first-order valence-corrected chi connectivity index (χ1v) is 7.16. The van der Waals surface area contributed by atoms with Gasteiger partial charge < -0.3 is 10.1 Å². The van der Waals surface area contributed by atoms with Crippen LogP contribution in [-0.4, -0.2) is 11.6 Å². The highest BCUT2D eigenvalue weighted by Crippen LogP contribution is 2.30. The molecule has 2 heterocycles. The zero-order valence-electron chi connectivity index (χ0n) is 10.7. The monoisotopic (exact) mass is 318 g/mol. The minimum absolute atomic E-state index is 0.228. The highest BCUT2D eigenvalue weighted by Gasteiger charge is 2.15. The molecule has 98 valence electrons. The van der Waals surface area contributed by atoms with Crippen LogP contribution in [0.1, 0.15) is 24.1 Å². The number of nitrogens with zero attached hydrogens (tertiary/aromatic N) is 1. The molecule has 19 heavy (non-hydrogen) atoms. The molecule has 3 rings (SSSR count). The molecule has 0 amide bonds. The van der Waals surface area contributed by atoms with Gasteiger partial charge >= 0.3 is 0 Å². The third-order valence-corrected chi connectivity index (χ3v) is 3.98. The third kappa shape index (κ3) is 2.59. The quantitative estimate of drug-likeness (QED) is 0.870. The number of hydrogen-bond acceptors (Lipinski definition) is 3. The third-order valence-electron chi connectivity index (χ3n) is 3.34. The van der Waals surface area contributed by atoms with Crippen molar-refractivity contribution in [3.05, 3.63) is 52.3 Å². The molecule has 1 aliphatic heterocycles. The summed E-state index contributed by atoms with van der Waals surface area (Å²) in [5, 5.41) is 3.47. The molecule has 1 aromatic heterocycles. The van der Waals surface area contributed by atoms with Gasteiger partial charge in [0.15, 0.2) is 0 Å². The molecule has 0 bridgehead atoms. The summed E-state index contributed by atoms with van der Waals surface area (Å²) in [5.41, 5.74) is 3.57. The first-order chi connectivity index (χ1) is 9.24. The number of aromatic nitrogens is 1. The lowest BCUT2D eigenvalue weighted by atomic mass is 10.0. The van der Waals surface area contributed by atoms with Gasteiger partial charge in [-0.15, -0.1) is 0 Å². The molecule has 1 aromatic carbocycles. The van der Waals surface area contributed by atoms with Gasteiger partial charge in [-0.2, -0.15) is 0 Å². The maximum atomic E-state index is 5.53. The van der Waals surface area contributed by atoms with Crippen LogP contribution in [0.5, 0.6) is 5.75 Å². The Labute approximate surface area is 121 Å². The Hall–Kier alpha value is -1.55. The van der Waals surface area contributed by atoms with Gasteiger partial charge in [-0.1, -0.05) is 6.07 Å². The number of halogens is 1. The fourth-order valence-electron chi connectivity index (χ4n) is 2.29. The second-order valence-electron chi connectivity index (χ2n) is 4.67. The average Bonchev–Trinajstić information content (AvgIpc) is 2.88. The Morgan fingerprint density at radius 2 is 2.26 bits per heavy atom. The zero-order chi connectivity index (χ0) is 13.2. The van der Waals surface area contributed by atoms with Crippen molar-refractivity contribution in [2.45, 2.75) is 19.4 Å².